The first-order chi connectivity index (χ1) is 12.0. The molecule has 3 rings (SSSR count). The first kappa shape index (κ1) is 17.4. The Kier molecular flexibility index (Phi) is 5.35. The number of rotatable bonds is 4. The van der Waals surface area contributed by atoms with Gasteiger partial charge in [-0.2, -0.15) is 0 Å². The number of nitrogens with one attached hydrogen (secondary N) is 2. The molecule has 0 aliphatic heterocycles. The minimum atomic E-state index is -0.350. The second-order valence-electron chi connectivity index (χ2n) is 5.10. The van der Waals surface area contributed by atoms with Crippen LogP contribution in [0.1, 0.15) is 20.9 Å². The molecule has 5 nitrogen and oxygen atoms in total. The Balaban J connectivity index is 1.64. The third-order valence-electron chi connectivity index (χ3n) is 3.28. The van der Waals surface area contributed by atoms with E-state index in [0.29, 0.717) is 21.6 Å². The molecule has 2 amide bonds. The largest absolute Gasteiger partial charge is 0.444 e. The monoisotopic (exact) mass is 462 g/mol. The summed E-state index contributed by atoms with van der Waals surface area (Å²) in [5.74, 6) is -0.353. The highest BCUT2D eigenvalue weighted by Gasteiger charge is 2.11. The van der Waals surface area contributed by atoms with Gasteiger partial charge in [0, 0.05) is 21.4 Å². The normalized spacial score (nSPS) is 10.3. The summed E-state index contributed by atoms with van der Waals surface area (Å²) in [5, 5.41) is 5.52. The third-order valence-corrected chi connectivity index (χ3v) is 4.20. The number of hydrogen-bond donors (Lipinski definition) is 2. The number of benzene rings is 2. The van der Waals surface area contributed by atoms with Gasteiger partial charge in [-0.05, 0) is 70.5 Å². The van der Waals surface area contributed by atoms with Crippen molar-refractivity contribution in [2.45, 2.75) is 0 Å². The van der Waals surface area contributed by atoms with E-state index in [2.05, 4.69) is 42.5 Å². The maximum Gasteiger partial charge on any atom is 0.291 e. The van der Waals surface area contributed by atoms with Crippen LogP contribution in [0.3, 0.4) is 0 Å². The molecule has 0 radical (unpaired) electrons. The fraction of sp³-hybridized carbons (Fsp3) is 0. The van der Waals surface area contributed by atoms with E-state index in [0.717, 1.165) is 4.47 Å². The Hall–Kier alpha value is -2.38. The Morgan fingerprint density at radius 2 is 1.44 bits per heavy atom. The highest BCUT2D eigenvalue weighted by atomic mass is 79.9. The van der Waals surface area contributed by atoms with Gasteiger partial charge in [0.25, 0.3) is 11.8 Å². The van der Waals surface area contributed by atoms with Crippen LogP contribution in [0.25, 0.3) is 0 Å². The fourth-order valence-electron chi connectivity index (χ4n) is 2.10. The van der Waals surface area contributed by atoms with Crippen LogP contribution in [-0.2, 0) is 0 Å². The van der Waals surface area contributed by atoms with E-state index in [1.165, 1.54) is 0 Å². The zero-order valence-corrected chi connectivity index (χ0v) is 15.9. The molecular weight excluding hydrogens is 452 g/mol. The van der Waals surface area contributed by atoms with Gasteiger partial charge in [0.05, 0.1) is 0 Å². The lowest BCUT2D eigenvalue weighted by Crippen LogP contribution is -2.12. The van der Waals surface area contributed by atoms with E-state index in [1.807, 2.05) is 6.07 Å². The highest BCUT2D eigenvalue weighted by Crippen LogP contribution is 2.19. The Labute approximate surface area is 160 Å². The van der Waals surface area contributed by atoms with Gasteiger partial charge in [-0.3, -0.25) is 9.59 Å². The van der Waals surface area contributed by atoms with E-state index in [4.69, 9.17) is 4.42 Å². The molecule has 0 saturated carbocycles. The summed E-state index contributed by atoms with van der Waals surface area (Å²) in [6.07, 6.45) is 0. The van der Waals surface area contributed by atoms with Gasteiger partial charge in [-0.25, -0.2) is 0 Å². The van der Waals surface area contributed by atoms with Crippen LogP contribution in [0, 0.1) is 0 Å². The smallest absolute Gasteiger partial charge is 0.291 e. The van der Waals surface area contributed by atoms with E-state index >= 15 is 0 Å². The number of halogens is 2. The third kappa shape index (κ3) is 4.58. The van der Waals surface area contributed by atoms with Crippen LogP contribution >= 0.6 is 31.9 Å². The molecule has 1 heterocycles. The van der Waals surface area contributed by atoms with E-state index in [-0.39, 0.29) is 17.6 Å². The lowest BCUT2D eigenvalue weighted by atomic mass is 10.2. The second-order valence-corrected chi connectivity index (χ2v) is 6.80. The van der Waals surface area contributed by atoms with E-state index < -0.39 is 0 Å². The topological polar surface area (TPSA) is 71.3 Å². The Bertz CT molecular complexity index is 920. The van der Waals surface area contributed by atoms with Crippen molar-refractivity contribution < 1.29 is 14.0 Å². The summed E-state index contributed by atoms with van der Waals surface area (Å²) in [7, 11) is 0. The van der Waals surface area contributed by atoms with Gasteiger partial charge < -0.3 is 15.1 Å². The van der Waals surface area contributed by atoms with Crippen molar-refractivity contribution in [2.75, 3.05) is 10.6 Å². The zero-order valence-electron chi connectivity index (χ0n) is 12.8. The van der Waals surface area contributed by atoms with Crippen molar-refractivity contribution in [1.82, 2.24) is 0 Å². The predicted molar refractivity (Wildman–Crippen MR) is 103 cm³/mol. The second kappa shape index (κ2) is 7.67. The molecule has 3 aromatic rings. The molecule has 25 heavy (non-hydrogen) atoms. The van der Waals surface area contributed by atoms with Crippen LogP contribution < -0.4 is 10.6 Å². The van der Waals surface area contributed by atoms with Gasteiger partial charge in [0.2, 0.25) is 0 Å². The van der Waals surface area contributed by atoms with Gasteiger partial charge in [-0.1, -0.05) is 22.0 Å². The molecule has 0 aliphatic carbocycles. The quantitative estimate of drug-likeness (QED) is 0.550. The van der Waals surface area contributed by atoms with Crippen molar-refractivity contribution in [2.24, 2.45) is 0 Å². The summed E-state index contributed by atoms with van der Waals surface area (Å²) in [5.41, 5.74) is 1.77. The van der Waals surface area contributed by atoms with Crippen molar-refractivity contribution in [3.05, 3.63) is 81.1 Å². The molecule has 2 aromatic carbocycles. The average molecular weight is 464 g/mol. The summed E-state index contributed by atoms with van der Waals surface area (Å²) < 4.78 is 6.52. The maximum absolute atomic E-state index is 12.2. The molecule has 0 atom stereocenters. The van der Waals surface area contributed by atoms with Crippen molar-refractivity contribution in [3.63, 3.8) is 0 Å². The molecule has 0 unspecified atom stereocenters. The first-order valence-corrected chi connectivity index (χ1v) is 8.83. The number of carbonyl (C=O) groups excluding carboxylic acids is 2. The van der Waals surface area contributed by atoms with Gasteiger partial charge in [0.1, 0.15) is 0 Å². The number of hydrogen-bond acceptors (Lipinski definition) is 3. The zero-order chi connectivity index (χ0) is 17.8. The lowest BCUT2D eigenvalue weighted by Gasteiger charge is -2.07. The summed E-state index contributed by atoms with van der Waals surface area (Å²) in [6, 6.07) is 17.2. The van der Waals surface area contributed by atoms with Gasteiger partial charge in [0.15, 0.2) is 10.4 Å². The van der Waals surface area contributed by atoms with E-state index in [9.17, 15) is 9.59 Å². The first-order valence-electron chi connectivity index (χ1n) is 7.25. The van der Waals surface area contributed by atoms with Crippen molar-refractivity contribution in [3.8, 4) is 0 Å². The Morgan fingerprint density at radius 3 is 2.00 bits per heavy atom. The molecule has 0 fully saturated rings. The van der Waals surface area contributed by atoms with Crippen LogP contribution in [0.15, 0.2) is 74.2 Å². The molecule has 0 spiro atoms. The molecule has 7 heteroatoms. The number of anilines is 2. The standard InChI is InChI=1S/C18H12Br2N2O3/c19-12-3-1-2-11(10-12)17(23)21-13-4-6-14(7-5-13)22-18(24)15-8-9-16(20)25-15/h1-10H,(H,21,23)(H,22,24). The lowest BCUT2D eigenvalue weighted by molar-refractivity contribution is 0.0993. The highest BCUT2D eigenvalue weighted by molar-refractivity contribution is 9.10. The number of amides is 2. The predicted octanol–water partition coefficient (Wildman–Crippen LogP) is 5.31. The van der Waals surface area contributed by atoms with Gasteiger partial charge >= 0.3 is 0 Å². The SMILES string of the molecule is O=C(Nc1ccc(NC(=O)c2ccc(Br)o2)cc1)c1cccc(Br)c1. The number of furan rings is 1. The molecule has 1 aromatic heterocycles. The average Bonchev–Trinajstić information content (AvgIpc) is 3.03. The fourth-order valence-corrected chi connectivity index (χ4v) is 2.80. The molecule has 0 bridgehead atoms. The van der Waals surface area contributed by atoms with E-state index in [1.54, 1.807) is 54.6 Å². The van der Waals surface area contributed by atoms with Crippen molar-refractivity contribution >= 4 is 55.0 Å². The Morgan fingerprint density at radius 1 is 0.800 bits per heavy atom. The van der Waals surface area contributed by atoms with Crippen LogP contribution in [0.4, 0.5) is 11.4 Å². The molecule has 2 N–H and O–H groups in total. The van der Waals surface area contributed by atoms with Crippen molar-refractivity contribution in [1.29, 1.82) is 0 Å². The molecular formula is C18H12Br2N2O3. The summed E-state index contributed by atoms with van der Waals surface area (Å²) >= 11 is 6.49. The maximum atomic E-state index is 12.2. The van der Waals surface area contributed by atoms with Crippen LogP contribution in [0.2, 0.25) is 0 Å². The van der Waals surface area contributed by atoms with Crippen LogP contribution in [0.5, 0.6) is 0 Å². The molecule has 0 saturated heterocycles. The number of carbonyl (C=O) groups is 2. The minimum Gasteiger partial charge on any atom is -0.444 e. The molecule has 0 aliphatic rings. The van der Waals surface area contributed by atoms with Gasteiger partial charge in [-0.15, -0.1) is 0 Å². The summed E-state index contributed by atoms with van der Waals surface area (Å²) in [6.45, 7) is 0. The minimum absolute atomic E-state index is 0.207. The molecule has 126 valence electrons. The van der Waals surface area contributed by atoms with Crippen LogP contribution in [-0.4, -0.2) is 11.8 Å². The summed E-state index contributed by atoms with van der Waals surface area (Å²) in [4.78, 5) is 24.2.